The molecule has 0 unspecified atom stereocenters. The fraction of sp³-hybridized carbons (Fsp3) is 0. The topological polar surface area (TPSA) is 63.4 Å². The summed E-state index contributed by atoms with van der Waals surface area (Å²) in [6.45, 7) is 0. The van der Waals surface area contributed by atoms with Crippen molar-refractivity contribution < 1.29 is 10.0 Å². The summed E-state index contributed by atoms with van der Waals surface area (Å²) in [5.74, 6) is -0.155. The molecule has 1 aromatic carbocycles. The van der Waals surface area contributed by atoms with Crippen molar-refractivity contribution in [3.63, 3.8) is 0 Å². The number of benzene rings is 1. The van der Waals surface area contributed by atoms with Gasteiger partial charge in [0.15, 0.2) is 0 Å². The van der Waals surface area contributed by atoms with Crippen LogP contribution in [-0.4, -0.2) is 61.4 Å². The standard InChI is InChI=1S/C6H4ClNO3.K.H/c7-5-3-4(8(10)11)1-2-6(5)9;;/h1-3,9H;;. The first-order chi connectivity index (χ1) is 5.11. The van der Waals surface area contributed by atoms with Gasteiger partial charge in [-0.2, -0.15) is 0 Å². The molecule has 0 aromatic heterocycles. The summed E-state index contributed by atoms with van der Waals surface area (Å²) >= 11 is 5.40. The van der Waals surface area contributed by atoms with Crippen molar-refractivity contribution in [3.8, 4) is 5.75 Å². The number of hydrogen-bond donors (Lipinski definition) is 1. The summed E-state index contributed by atoms with van der Waals surface area (Å²) in [5, 5.41) is 19.0. The Labute approximate surface area is 116 Å². The maximum atomic E-state index is 10.1. The molecule has 0 aliphatic heterocycles. The Kier molecular flexibility index (Phi) is 5.31. The van der Waals surface area contributed by atoms with E-state index in [1.807, 2.05) is 0 Å². The van der Waals surface area contributed by atoms with Crippen LogP contribution >= 0.6 is 11.6 Å². The Morgan fingerprint density at radius 1 is 1.50 bits per heavy atom. The van der Waals surface area contributed by atoms with Gasteiger partial charge in [-0.1, -0.05) is 11.6 Å². The number of rotatable bonds is 1. The Balaban J connectivity index is 0.00000121. The normalized spacial score (nSPS) is 8.75. The number of halogens is 1. The number of nitro groups is 1. The van der Waals surface area contributed by atoms with Gasteiger partial charge in [0, 0.05) is 12.1 Å². The third kappa shape index (κ3) is 3.00. The summed E-state index contributed by atoms with van der Waals surface area (Å²) in [5.41, 5.74) is -0.132. The van der Waals surface area contributed by atoms with Crippen LogP contribution in [0.15, 0.2) is 18.2 Å². The molecule has 0 saturated carbocycles. The van der Waals surface area contributed by atoms with Crippen molar-refractivity contribution in [2.75, 3.05) is 0 Å². The minimum absolute atomic E-state index is 0. The molecule has 60 valence electrons. The van der Waals surface area contributed by atoms with Gasteiger partial charge in [0.05, 0.1) is 9.95 Å². The monoisotopic (exact) mass is 213 g/mol. The Hall–Kier alpha value is 0.346. The van der Waals surface area contributed by atoms with Gasteiger partial charge < -0.3 is 5.11 Å². The van der Waals surface area contributed by atoms with Crippen molar-refractivity contribution in [1.82, 2.24) is 0 Å². The third-order valence-electron chi connectivity index (χ3n) is 1.14. The van der Waals surface area contributed by atoms with E-state index < -0.39 is 4.92 Å². The fourth-order valence-electron chi connectivity index (χ4n) is 0.609. The van der Waals surface area contributed by atoms with E-state index in [0.29, 0.717) is 0 Å². The second-order valence-electron chi connectivity index (χ2n) is 1.89. The molecule has 1 aromatic rings. The summed E-state index contributed by atoms with van der Waals surface area (Å²) in [6.07, 6.45) is 0. The summed E-state index contributed by atoms with van der Waals surface area (Å²) in [6, 6.07) is 3.46. The van der Waals surface area contributed by atoms with E-state index in [0.717, 1.165) is 6.07 Å². The molecule has 0 atom stereocenters. The molecule has 0 fully saturated rings. The second kappa shape index (κ2) is 5.16. The van der Waals surface area contributed by atoms with Gasteiger partial charge in [-0.25, -0.2) is 0 Å². The van der Waals surface area contributed by atoms with Gasteiger partial charge in [0.25, 0.3) is 5.69 Å². The first kappa shape index (κ1) is 12.3. The minimum atomic E-state index is -0.578. The maximum absolute atomic E-state index is 10.1. The molecule has 0 saturated heterocycles. The number of aromatic hydroxyl groups is 1. The van der Waals surface area contributed by atoms with E-state index in [4.69, 9.17) is 16.7 Å². The molecule has 12 heavy (non-hydrogen) atoms. The van der Waals surface area contributed by atoms with E-state index >= 15 is 0 Å². The van der Waals surface area contributed by atoms with Crippen molar-refractivity contribution in [1.29, 1.82) is 0 Å². The van der Waals surface area contributed by atoms with Crippen LogP contribution < -0.4 is 0 Å². The number of phenolic OH excluding ortho intramolecular Hbond substituents is 1. The molecule has 1 N–H and O–H groups in total. The summed E-state index contributed by atoms with van der Waals surface area (Å²) < 4.78 is 0. The molecule has 4 nitrogen and oxygen atoms in total. The molecule has 0 bridgehead atoms. The van der Waals surface area contributed by atoms with Crippen LogP contribution in [0.1, 0.15) is 0 Å². The average molecular weight is 214 g/mol. The molecule has 0 aliphatic rings. The van der Waals surface area contributed by atoms with Gasteiger partial charge in [-0.3, -0.25) is 10.1 Å². The van der Waals surface area contributed by atoms with Gasteiger partial charge in [-0.15, -0.1) is 0 Å². The SMILES string of the molecule is O=[N+]([O-])c1ccc(O)c(Cl)c1.[KH]. The van der Waals surface area contributed by atoms with Crippen LogP contribution in [0.4, 0.5) is 5.69 Å². The van der Waals surface area contributed by atoms with Crippen LogP contribution in [0, 0.1) is 10.1 Å². The molecule has 6 heteroatoms. The van der Waals surface area contributed by atoms with Gasteiger partial charge in [0.1, 0.15) is 5.75 Å². The van der Waals surface area contributed by atoms with Crippen molar-refractivity contribution in [2.45, 2.75) is 0 Å². The van der Waals surface area contributed by atoms with E-state index in [-0.39, 0.29) is 67.8 Å². The van der Waals surface area contributed by atoms with Crippen LogP contribution in [0.2, 0.25) is 5.02 Å². The predicted octanol–water partition coefficient (Wildman–Crippen LogP) is 1.31. The Morgan fingerprint density at radius 2 is 2.08 bits per heavy atom. The number of phenols is 1. The molecule has 0 aliphatic carbocycles. The zero-order valence-electron chi connectivity index (χ0n) is 5.32. The second-order valence-corrected chi connectivity index (χ2v) is 2.30. The quantitative estimate of drug-likeness (QED) is 0.435. The molecular formula is C6H5ClKNO3. The van der Waals surface area contributed by atoms with E-state index in [1.54, 1.807) is 0 Å². The van der Waals surface area contributed by atoms with Gasteiger partial charge >= 0.3 is 51.4 Å². The van der Waals surface area contributed by atoms with E-state index in [1.165, 1.54) is 12.1 Å². The average Bonchev–Trinajstić information content (AvgIpc) is 1.94. The van der Waals surface area contributed by atoms with Crippen LogP contribution in [-0.2, 0) is 0 Å². The molecular weight excluding hydrogens is 209 g/mol. The Morgan fingerprint density at radius 3 is 2.50 bits per heavy atom. The van der Waals surface area contributed by atoms with E-state index in [9.17, 15) is 10.1 Å². The molecule has 0 radical (unpaired) electrons. The van der Waals surface area contributed by atoms with Crippen molar-refractivity contribution >= 4 is 68.7 Å². The van der Waals surface area contributed by atoms with E-state index in [2.05, 4.69) is 0 Å². The molecule has 0 spiro atoms. The first-order valence-corrected chi connectivity index (χ1v) is 3.12. The van der Waals surface area contributed by atoms with Crippen LogP contribution in [0.5, 0.6) is 5.75 Å². The van der Waals surface area contributed by atoms with Crippen LogP contribution in [0.25, 0.3) is 0 Å². The molecule has 0 amide bonds. The summed E-state index contributed by atoms with van der Waals surface area (Å²) in [4.78, 5) is 9.55. The number of hydrogen-bond acceptors (Lipinski definition) is 3. The molecule has 0 heterocycles. The zero-order chi connectivity index (χ0) is 8.43. The van der Waals surface area contributed by atoms with Crippen molar-refractivity contribution in [3.05, 3.63) is 33.3 Å². The fourth-order valence-corrected chi connectivity index (χ4v) is 0.784. The number of non-ortho nitro benzene ring substituents is 1. The first-order valence-electron chi connectivity index (χ1n) is 2.74. The van der Waals surface area contributed by atoms with Gasteiger partial charge in [0.2, 0.25) is 0 Å². The Bertz CT molecular complexity index is 305. The van der Waals surface area contributed by atoms with Crippen molar-refractivity contribution in [2.24, 2.45) is 0 Å². The predicted molar refractivity (Wildman–Crippen MR) is 46.9 cm³/mol. The number of nitro benzene ring substituents is 1. The van der Waals surface area contributed by atoms with Crippen LogP contribution in [0.3, 0.4) is 0 Å². The van der Waals surface area contributed by atoms with Gasteiger partial charge in [-0.05, 0) is 6.07 Å². The molecule has 1 rings (SSSR count). The summed E-state index contributed by atoms with van der Waals surface area (Å²) in [7, 11) is 0. The third-order valence-corrected chi connectivity index (χ3v) is 1.44. The zero-order valence-corrected chi connectivity index (χ0v) is 6.08. The number of nitrogens with zero attached hydrogens (tertiary/aromatic N) is 1.